The first-order valence-electron chi connectivity index (χ1n) is 13.6. The average molecular weight is 565 g/mol. The number of aliphatic hydroxyl groups is 2. The van der Waals surface area contributed by atoms with Crippen LogP contribution in [0.4, 0.5) is 26.2 Å². The number of piperidine rings is 1. The number of nitrogens with zero attached hydrogens (tertiary/aromatic N) is 7. The van der Waals surface area contributed by atoms with Crippen LogP contribution >= 0.6 is 0 Å². The van der Waals surface area contributed by atoms with Crippen molar-refractivity contribution >= 4 is 34.4 Å². The molecule has 6 rings (SSSR count). The summed E-state index contributed by atoms with van der Waals surface area (Å²) in [7, 11) is 0. The molecule has 41 heavy (non-hydrogen) atoms. The zero-order valence-electron chi connectivity index (χ0n) is 22.4. The lowest BCUT2D eigenvalue weighted by Gasteiger charge is -2.32. The van der Waals surface area contributed by atoms with Crippen LogP contribution in [0.3, 0.4) is 0 Å². The highest BCUT2D eigenvalue weighted by atomic mass is 19.1. The Bertz CT molecular complexity index is 1560. The lowest BCUT2D eigenvalue weighted by atomic mass is 10.1. The Morgan fingerprint density at radius 3 is 2.39 bits per heavy atom. The van der Waals surface area contributed by atoms with Gasteiger partial charge in [-0.15, -0.1) is 0 Å². The van der Waals surface area contributed by atoms with Crippen LogP contribution in [0.1, 0.15) is 41.7 Å². The normalized spacial score (nSPS) is 19.7. The van der Waals surface area contributed by atoms with E-state index in [0.717, 1.165) is 30.9 Å². The van der Waals surface area contributed by atoms with Gasteiger partial charge in [-0.25, -0.2) is 28.7 Å². The number of anilines is 3. The van der Waals surface area contributed by atoms with Crippen molar-refractivity contribution in [3.63, 3.8) is 0 Å². The number of hydrogen-bond donors (Lipinski definition) is 3. The molecule has 0 saturated carbocycles. The molecule has 13 heteroatoms. The molecule has 214 valence electrons. The molecule has 4 aromatic rings. The molecule has 5 heterocycles. The molecule has 0 aliphatic carbocycles. The van der Waals surface area contributed by atoms with Gasteiger partial charge in [0.15, 0.2) is 5.82 Å². The Balaban J connectivity index is 1.18. The summed E-state index contributed by atoms with van der Waals surface area (Å²) in [4.78, 5) is 33.5. The fourth-order valence-corrected chi connectivity index (χ4v) is 5.45. The van der Waals surface area contributed by atoms with Crippen molar-refractivity contribution in [2.24, 2.45) is 0 Å². The maximum absolute atomic E-state index is 15.3. The fraction of sp³-hybridized carbons (Fsp3) is 0.393. The van der Waals surface area contributed by atoms with Crippen LogP contribution in [-0.2, 0) is 6.42 Å². The van der Waals surface area contributed by atoms with Crippen LogP contribution in [0.5, 0.6) is 0 Å². The highest BCUT2D eigenvalue weighted by molar-refractivity contribution is 5.95. The maximum Gasteiger partial charge on any atom is 0.254 e. The van der Waals surface area contributed by atoms with Gasteiger partial charge in [0.1, 0.15) is 23.6 Å². The second-order valence-corrected chi connectivity index (χ2v) is 10.4. The summed E-state index contributed by atoms with van der Waals surface area (Å²) in [6.45, 7) is 3.41. The van der Waals surface area contributed by atoms with Gasteiger partial charge in [0.05, 0.1) is 23.3 Å². The number of aromatic nitrogens is 5. The molecule has 2 saturated heterocycles. The lowest BCUT2D eigenvalue weighted by molar-refractivity contribution is 0.0572. The molecule has 2 aliphatic rings. The molecule has 1 amide bonds. The monoisotopic (exact) mass is 564 g/mol. The number of carbonyl (C=O) groups excluding carboxylic acids is 1. The number of aryl methyl sites for hydroxylation is 1. The van der Waals surface area contributed by atoms with Gasteiger partial charge in [-0.2, -0.15) is 0 Å². The number of aliphatic hydroxyl groups excluding tert-OH is 2. The Labute approximate surface area is 234 Å². The molecule has 0 radical (unpaired) electrons. The summed E-state index contributed by atoms with van der Waals surface area (Å²) in [6, 6.07) is 3.87. The molecule has 1 aromatic carbocycles. The van der Waals surface area contributed by atoms with E-state index in [1.165, 1.54) is 29.6 Å². The van der Waals surface area contributed by atoms with Gasteiger partial charge in [-0.1, -0.05) is 6.92 Å². The number of fused-ring (bicyclic) bond motifs is 1. The molecule has 2 fully saturated rings. The number of halogens is 2. The van der Waals surface area contributed by atoms with Crippen molar-refractivity contribution in [2.75, 3.05) is 36.4 Å². The van der Waals surface area contributed by atoms with E-state index >= 15 is 8.78 Å². The van der Waals surface area contributed by atoms with Gasteiger partial charge in [-0.05, 0) is 43.0 Å². The molecule has 0 spiro atoms. The minimum absolute atomic E-state index is 0.000529. The Morgan fingerprint density at radius 2 is 1.73 bits per heavy atom. The summed E-state index contributed by atoms with van der Waals surface area (Å²) >= 11 is 0. The zero-order chi connectivity index (χ0) is 28.7. The number of rotatable bonds is 6. The molecule has 3 aromatic heterocycles. The quantitative estimate of drug-likeness (QED) is 0.323. The predicted octanol–water partition coefficient (Wildman–Crippen LogP) is 2.82. The Hall–Kier alpha value is -4.23. The second-order valence-electron chi connectivity index (χ2n) is 10.4. The second kappa shape index (κ2) is 11.0. The van der Waals surface area contributed by atoms with E-state index in [1.54, 1.807) is 0 Å². The average Bonchev–Trinajstić information content (AvgIpc) is 3.52. The Morgan fingerprint density at radius 1 is 1.02 bits per heavy atom. The van der Waals surface area contributed by atoms with Crippen molar-refractivity contribution in [1.29, 1.82) is 0 Å². The number of amides is 1. The molecule has 0 unspecified atom stereocenters. The van der Waals surface area contributed by atoms with E-state index in [9.17, 15) is 15.0 Å². The highest BCUT2D eigenvalue weighted by Crippen LogP contribution is 2.33. The van der Waals surface area contributed by atoms with Crippen molar-refractivity contribution in [2.45, 2.75) is 44.4 Å². The van der Waals surface area contributed by atoms with E-state index in [-0.39, 0.29) is 41.6 Å². The number of likely N-dealkylation sites (tertiary alicyclic amines) is 1. The molecular weight excluding hydrogens is 534 g/mol. The summed E-state index contributed by atoms with van der Waals surface area (Å²) in [5.74, 6) is -0.971. The summed E-state index contributed by atoms with van der Waals surface area (Å²) < 4.78 is 32.2. The van der Waals surface area contributed by atoms with Gasteiger partial charge in [0, 0.05) is 56.4 Å². The van der Waals surface area contributed by atoms with Crippen LogP contribution in [0.25, 0.3) is 11.0 Å². The topological polar surface area (TPSA) is 133 Å². The van der Waals surface area contributed by atoms with Crippen LogP contribution in [-0.4, -0.2) is 83.9 Å². The van der Waals surface area contributed by atoms with Crippen LogP contribution in [0.2, 0.25) is 0 Å². The molecule has 3 N–H and O–H groups in total. The van der Waals surface area contributed by atoms with Crippen molar-refractivity contribution in [1.82, 2.24) is 29.4 Å². The van der Waals surface area contributed by atoms with E-state index in [4.69, 9.17) is 0 Å². The number of hydrogen-bond acceptors (Lipinski definition) is 9. The summed E-state index contributed by atoms with van der Waals surface area (Å²) in [5, 5.41) is 22.4. The standard InChI is InChI=1S/C28H30F2N8O3/c1-2-16-10-31-28(32-11-16)36-7-5-18(6-8-36)38-12-20(30)24-25(33-15-34-26(24)38)35-21-4-3-17(9-19(21)29)27(41)37-13-22(39)23(40)14-37/h3-4,9-12,15,18,22-23,39-40H,2,5-8,13-14H2,1H3,(H,33,34,35)/t22-,23-/m1/s1. The van der Waals surface area contributed by atoms with Crippen molar-refractivity contribution in [3.8, 4) is 0 Å². The smallest absolute Gasteiger partial charge is 0.254 e. The van der Waals surface area contributed by atoms with Crippen molar-refractivity contribution in [3.05, 3.63) is 65.9 Å². The fourth-order valence-electron chi connectivity index (χ4n) is 5.45. The zero-order valence-corrected chi connectivity index (χ0v) is 22.4. The minimum atomic E-state index is -1.04. The van der Waals surface area contributed by atoms with Crippen LogP contribution in [0, 0.1) is 11.6 Å². The van der Waals surface area contributed by atoms with Gasteiger partial charge in [-0.3, -0.25) is 4.79 Å². The number of β-amino-alcohol motifs (C(OH)–C–C–N with tert-alkyl or cyclic N) is 2. The van der Waals surface area contributed by atoms with Crippen molar-refractivity contribution < 1.29 is 23.8 Å². The Kier molecular flexibility index (Phi) is 7.22. The van der Waals surface area contributed by atoms with E-state index in [0.29, 0.717) is 24.7 Å². The molecule has 0 bridgehead atoms. The first kappa shape index (κ1) is 27.0. The molecular formula is C28H30F2N8O3. The van der Waals surface area contributed by atoms with Crippen LogP contribution < -0.4 is 10.2 Å². The van der Waals surface area contributed by atoms with E-state index in [2.05, 4.69) is 37.1 Å². The van der Waals surface area contributed by atoms with Gasteiger partial charge >= 0.3 is 0 Å². The lowest BCUT2D eigenvalue weighted by Crippen LogP contribution is -2.35. The van der Waals surface area contributed by atoms with Gasteiger partial charge < -0.3 is 29.9 Å². The third kappa shape index (κ3) is 5.18. The van der Waals surface area contributed by atoms with Gasteiger partial charge in [0.2, 0.25) is 5.95 Å². The highest BCUT2D eigenvalue weighted by Gasteiger charge is 2.33. The molecule has 11 nitrogen and oxygen atoms in total. The third-order valence-electron chi connectivity index (χ3n) is 7.82. The third-order valence-corrected chi connectivity index (χ3v) is 7.82. The summed E-state index contributed by atoms with van der Waals surface area (Å²) in [6.07, 6.45) is 6.68. The largest absolute Gasteiger partial charge is 0.388 e. The van der Waals surface area contributed by atoms with Gasteiger partial charge in [0.25, 0.3) is 5.91 Å². The predicted molar refractivity (Wildman–Crippen MR) is 147 cm³/mol. The minimum Gasteiger partial charge on any atom is -0.388 e. The number of benzene rings is 1. The SMILES string of the molecule is CCc1cnc(N2CCC(n3cc(F)c4c(Nc5ccc(C(=O)N6C[C@@H](O)[C@H](O)C6)cc5F)ncnc43)CC2)nc1. The maximum atomic E-state index is 15.3. The van der Waals surface area contributed by atoms with E-state index < -0.39 is 29.7 Å². The van der Waals surface area contributed by atoms with E-state index in [1.807, 2.05) is 17.0 Å². The van der Waals surface area contributed by atoms with Crippen LogP contribution in [0.15, 0.2) is 43.1 Å². The number of nitrogens with one attached hydrogen (secondary N) is 1. The first-order chi connectivity index (χ1) is 19.8. The molecule has 2 atom stereocenters. The first-order valence-corrected chi connectivity index (χ1v) is 13.6. The summed E-state index contributed by atoms with van der Waals surface area (Å²) in [5.41, 5.74) is 1.56. The molecule has 2 aliphatic heterocycles. The number of carbonyl (C=O) groups is 1.